The molecule has 0 atom stereocenters. The lowest BCUT2D eigenvalue weighted by Gasteiger charge is -1.90. The van der Waals surface area contributed by atoms with Gasteiger partial charge in [0.1, 0.15) is 0 Å². The van der Waals surface area contributed by atoms with Gasteiger partial charge in [0, 0.05) is 0 Å². The zero-order valence-electron chi connectivity index (χ0n) is 5.53. The molecule has 0 aliphatic carbocycles. The van der Waals surface area contributed by atoms with Crippen molar-refractivity contribution in [3.63, 3.8) is 0 Å². The fourth-order valence-corrected chi connectivity index (χ4v) is 1.38. The second-order valence-corrected chi connectivity index (χ2v) is 2.92. The molecule has 0 radical (unpaired) electrons. The van der Waals surface area contributed by atoms with Gasteiger partial charge in [-0.1, -0.05) is 24.9 Å². The van der Waals surface area contributed by atoms with Crippen LogP contribution < -0.4 is 0 Å². The molecule has 2 aromatic rings. The van der Waals surface area contributed by atoms with E-state index in [2.05, 4.69) is 17.8 Å². The van der Waals surface area contributed by atoms with Gasteiger partial charge in [0.2, 0.25) is 5.28 Å². The first-order chi connectivity index (χ1) is 5.29. The topological polar surface area (TPSA) is 17.8 Å². The SMILES string of the molecule is Sn1c(Cl)nc2ccccc21. The smallest absolute Gasteiger partial charge is 0.213 e. The lowest BCUT2D eigenvalue weighted by Crippen LogP contribution is -1.76. The van der Waals surface area contributed by atoms with Gasteiger partial charge in [0.25, 0.3) is 0 Å². The maximum atomic E-state index is 5.73. The molecule has 56 valence electrons. The second-order valence-electron chi connectivity index (χ2n) is 2.18. The van der Waals surface area contributed by atoms with Crippen LogP contribution in [-0.2, 0) is 0 Å². The Bertz CT molecular complexity index is 396. The van der Waals surface area contributed by atoms with Gasteiger partial charge in [-0.2, -0.15) is 0 Å². The molecule has 11 heavy (non-hydrogen) atoms. The molecule has 0 aliphatic rings. The van der Waals surface area contributed by atoms with E-state index >= 15 is 0 Å². The Balaban J connectivity index is 2.92. The molecule has 1 aromatic carbocycles. The van der Waals surface area contributed by atoms with Gasteiger partial charge >= 0.3 is 0 Å². The third kappa shape index (κ3) is 1.01. The maximum Gasteiger partial charge on any atom is 0.213 e. The molecule has 2 nitrogen and oxygen atoms in total. The molecular formula is C7H5ClN2S. The monoisotopic (exact) mass is 184 g/mol. The van der Waals surface area contributed by atoms with Gasteiger partial charge in [-0.3, -0.25) is 3.97 Å². The lowest BCUT2D eigenvalue weighted by atomic mass is 10.3. The Labute approximate surface area is 74.3 Å². The average Bonchev–Trinajstić information content (AvgIpc) is 2.30. The number of aromatic nitrogens is 2. The molecule has 0 unspecified atom stereocenters. The summed E-state index contributed by atoms with van der Waals surface area (Å²) in [6.45, 7) is 0. The van der Waals surface area contributed by atoms with Gasteiger partial charge in [0.05, 0.1) is 11.0 Å². The molecule has 0 saturated carbocycles. The number of fused-ring (bicyclic) bond motifs is 1. The molecule has 0 bridgehead atoms. The van der Waals surface area contributed by atoms with Crippen molar-refractivity contribution in [3.8, 4) is 0 Å². The highest BCUT2D eigenvalue weighted by Gasteiger charge is 2.03. The van der Waals surface area contributed by atoms with Crippen LogP contribution in [0.4, 0.5) is 0 Å². The summed E-state index contributed by atoms with van der Waals surface area (Å²) < 4.78 is 1.55. The summed E-state index contributed by atoms with van der Waals surface area (Å²) in [6, 6.07) is 7.65. The predicted octanol–water partition coefficient (Wildman–Crippen LogP) is 2.38. The van der Waals surface area contributed by atoms with E-state index in [4.69, 9.17) is 11.6 Å². The highest BCUT2D eigenvalue weighted by Crippen LogP contribution is 2.19. The van der Waals surface area contributed by atoms with Crippen LogP contribution in [0.3, 0.4) is 0 Å². The summed E-state index contributed by atoms with van der Waals surface area (Å²) >= 11 is 9.86. The van der Waals surface area contributed by atoms with E-state index in [0.717, 1.165) is 11.0 Å². The zero-order chi connectivity index (χ0) is 7.84. The van der Waals surface area contributed by atoms with Crippen molar-refractivity contribution in [2.24, 2.45) is 0 Å². The van der Waals surface area contributed by atoms with Crippen LogP contribution in [0.5, 0.6) is 0 Å². The number of hydrogen-bond acceptors (Lipinski definition) is 2. The molecule has 0 fully saturated rings. The molecule has 0 aliphatic heterocycles. The molecule has 1 aromatic heterocycles. The van der Waals surface area contributed by atoms with E-state index in [1.54, 1.807) is 3.97 Å². The molecule has 2 rings (SSSR count). The second kappa shape index (κ2) is 2.43. The maximum absolute atomic E-state index is 5.73. The van der Waals surface area contributed by atoms with Crippen LogP contribution in [0.25, 0.3) is 11.0 Å². The Morgan fingerprint density at radius 3 is 2.82 bits per heavy atom. The summed E-state index contributed by atoms with van der Waals surface area (Å²) in [5, 5.41) is 0.398. The number of thiol groups is 1. The first-order valence-corrected chi connectivity index (χ1v) is 3.89. The zero-order valence-corrected chi connectivity index (χ0v) is 7.18. The Morgan fingerprint density at radius 1 is 1.36 bits per heavy atom. The van der Waals surface area contributed by atoms with Crippen LogP contribution in [0, 0.1) is 0 Å². The van der Waals surface area contributed by atoms with Crippen LogP contribution in [0.15, 0.2) is 24.3 Å². The Morgan fingerprint density at radius 2 is 2.09 bits per heavy atom. The standard InChI is InChI=1S/C7H5ClN2S/c8-7-9-5-3-1-2-4-6(5)10(7)11/h1-4,11H. The summed E-state index contributed by atoms with van der Waals surface area (Å²) in [4.78, 5) is 4.06. The van der Waals surface area contributed by atoms with Crippen molar-refractivity contribution in [1.82, 2.24) is 8.96 Å². The first kappa shape index (κ1) is 7.00. The van der Waals surface area contributed by atoms with Crippen LogP contribution >= 0.6 is 24.4 Å². The van der Waals surface area contributed by atoms with E-state index in [0.29, 0.717) is 5.28 Å². The van der Waals surface area contributed by atoms with Crippen LogP contribution in [0.2, 0.25) is 5.28 Å². The van der Waals surface area contributed by atoms with Gasteiger partial charge in [-0.05, 0) is 23.7 Å². The minimum Gasteiger partial charge on any atom is -0.259 e. The largest absolute Gasteiger partial charge is 0.259 e. The van der Waals surface area contributed by atoms with Gasteiger partial charge in [-0.25, -0.2) is 4.98 Å². The van der Waals surface area contributed by atoms with Crippen LogP contribution in [-0.4, -0.2) is 8.96 Å². The third-order valence-corrected chi connectivity index (χ3v) is 2.27. The van der Waals surface area contributed by atoms with Gasteiger partial charge in [-0.15, -0.1) is 0 Å². The van der Waals surface area contributed by atoms with Crippen molar-refractivity contribution in [2.45, 2.75) is 0 Å². The normalized spacial score (nSPS) is 10.7. The summed E-state index contributed by atoms with van der Waals surface area (Å²) in [5.41, 5.74) is 1.80. The summed E-state index contributed by atoms with van der Waals surface area (Å²) in [6.07, 6.45) is 0. The fraction of sp³-hybridized carbons (Fsp3) is 0. The van der Waals surface area contributed by atoms with E-state index in [1.165, 1.54) is 0 Å². The number of para-hydroxylation sites is 2. The van der Waals surface area contributed by atoms with Gasteiger partial charge in [0.15, 0.2) is 0 Å². The minimum absolute atomic E-state index is 0.398. The molecule has 4 heteroatoms. The number of imidazole rings is 1. The molecule has 0 spiro atoms. The average molecular weight is 185 g/mol. The number of rotatable bonds is 0. The number of hydrogen-bond donors (Lipinski definition) is 1. The lowest BCUT2D eigenvalue weighted by molar-refractivity contribution is 1.28. The molecule has 0 N–H and O–H groups in total. The Hall–Kier alpha value is -0.670. The summed E-state index contributed by atoms with van der Waals surface area (Å²) in [5.74, 6) is 0. The highest BCUT2D eigenvalue weighted by molar-refractivity contribution is 7.78. The van der Waals surface area contributed by atoms with Gasteiger partial charge < -0.3 is 0 Å². The van der Waals surface area contributed by atoms with Crippen molar-refractivity contribution in [2.75, 3.05) is 0 Å². The van der Waals surface area contributed by atoms with E-state index in [9.17, 15) is 0 Å². The highest BCUT2D eigenvalue weighted by atomic mass is 35.5. The van der Waals surface area contributed by atoms with E-state index in [-0.39, 0.29) is 0 Å². The van der Waals surface area contributed by atoms with E-state index in [1.807, 2.05) is 24.3 Å². The first-order valence-electron chi connectivity index (χ1n) is 3.11. The fourth-order valence-electron chi connectivity index (χ4n) is 0.984. The molecular weight excluding hydrogens is 180 g/mol. The Kier molecular flexibility index (Phi) is 1.55. The summed E-state index contributed by atoms with van der Waals surface area (Å²) in [7, 11) is 0. The quantitative estimate of drug-likeness (QED) is 0.623. The minimum atomic E-state index is 0.398. The number of halogens is 1. The van der Waals surface area contributed by atoms with Crippen LogP contribution in [0.1, 0.15) is 0 Å². The van der Waals surface area contributed by atoms with Crippen molar-refractivity contribution in [3.05, 3.63) is 29.5 Å². The molecule has 0 saturated heterocycles. The molecule has 1 heterocycles. The third-order valence-electron chi connectivity index (χ3n) is 1.50. The van der Waals surface area contributed by atoms with Crippen molar-refractivity contribution in [1.29, 1.82) is 0 Å². The van der Waals surface area contributed by atoms with E-state index < -0.39 is 0 Å². The number of nitrogens with zero attached hydrogens (tertiary/aromatic N) is 2. The molecule has 0 amide bonds. The predicted molar refractivity (Wildman–Crippen MR) is 49.1 cm³/mol. The van der Waals surface area contributed by atoms with Crippen molar-refractivity contribution >= 4 is 35.4 Å². The van der Waals surface area contributed by atoms with Crippen molar-refractivity contribution < 1.29 is 0 Å². The number of benzene rings is 1.